The van der Waals surface area contributed by atoms with E-state index in [0.29, 0.717) is 122 Å². The second-order valence-corrected chi connectivity index (χ2v) is 17.9. The Morgan fingerprint density at radius 1 is 0.763 bits per heavy atom. The van der Waals surface area contributed by atoms with E-state index in [9.17, 15) is 28.8 Å². The lowest BCUT2D eigenvalue weighted by atomic mass is 9.98. The first kappa shape index (κ1) is 56.0. The summed E-state index contributed by atoms with van der Waals surface area (Å²) in [5, 5.41) is 28.2. The van der Waals surface area contributed by atoms with Crippen molar-refractivity contribution in [3.8, 4) is 17.2 Å². The SMILES string of the molecule is C[C@H](CN[C@@H](C(=O)Nc1ccc(-c2cnn(CCCC(=O)NCCOCCOCCOCCOCCOCCNc3cccc4c3C(=O)N(C3CCC(=O)NC3=O)C4=O)c2)cn1)c1ccccc1)c1ccc(C#N)cc1. The van der Waals surface area contributed by atoms with Crippen molar-refractivity contribution < 1.29 is 52.5 Å². The first-order valence-corrected chi connectivity index (χ1v) is 25.4. The monoisotopic (exact) mass is 1040 g/mol. The highest BCUT2D eigenvalue weighted by molar-refractivity contribution is 6.25. The Labute approximate surface area is 440 Å². The smallest absolute Gasteiger partial charge is 0.264 e. The van der Waals surface area contributed by atoms with Crippen LogP contribution in [-0.2, 0) is 49.4 Å². The fourth-order valence-corrected chi connectivity index (χ4v) is 8.43. The predicted molar refractivity (Wildman–Crippen MR) is 279 cm³/mol. The first-order chi connectivity index (χ1) is 37.1. The maximum absolute atomic E-state index is 13.6. The van der Waals surface area contributed by atoms with Crippen molar-refractivity contribution in [3.63, 3.8) is 0 Å². The molecule has 0 bridgehead atoms. The molecule has 1 fully saturated rings. The number of pyridine rings is 1. The van der Waals surface area contributed by atoms with Crippen molar-refractivity contribution in [1.82, 2.24) is 35.6 Å². The third-order valence-corrected chi connectivity index (χ3v) is 12.5. The van der Waals surface area contributed by atoms with Crippen LogP contribution in [0.2, 0.25) is 0 Å². The van der Waals surface area contributed by atoms with E-state index >= 15 is 0 Å². The van der Waals surface area contributed by atoms with Gasteiger partial charge in [-0.3, -0.25) is 43.7 Å². The lowest BCUT2D eigenvalue weighted by Gasteiger charge is -2.27. The maximum Gasteiger partial charge on any atom is 0.264 e. The zero-order chi connectivity index (χ0) is 53.5. The average molecular weight is 1040 g/mol. The van der Waals surface area contributed by atoms with Crippen LogP contribution in [0.15, 0.2) is 104 Å². The number of carbonyl (C=O) groups is 6. The molecule has 400 valence electrons. The molecule has 2 aliphatic rings. The van der Waals surface area contributed by atoms with E-state index in [1.807, 2.05) is 54.7 Å². The van der Waals surface area contributed by atoms with Crippen LogP contribution < -0.4 is 26.6 Å². The van der Waals surface area contributed by atoms with Gasteiger partial charge in [0.1, 0.15) is 17.9 Å². The van der Waals surface area contributed by atoms with Gasteiger partial charge in [-0.05, 0) is 66.3 Å². The second-order valence-electron chi connectivity index (χ2n) is 17.9. The molecule has 0 spiro atoms. The third kappa shape index (κ3) is 16.4. The number of ether oxygens (including phenoxy) is 5. The number of aromatic nitrogens is 3. The van der Waals surface area contributed by atoms with Crippen molar-refractivity contribution in [2.45, 2.75) is 57.2 Å². The van der Waals surface area contributed by atoms with Gasteiger partial charge < -0.3 is 45.0 Å². The Morgan fingerprint density at radius 3 is 2.11 bits per heavy atom. The Bertz CT molecular complexity index is 2770. The molecule has 0 radical (unpaired) electrons. The minimum absolute atomic E-state index is 0.0533. The number of carbonyl (C=O) groups excluding carboxylic acids is 6. The lowest BCUT2D eigenvalue weighted by Crippen LogP contribution is -2.54. The zero-order valence-corrected chi connectivity index (χ0v) is 42.5. The topological polar surface area (TPSA) is 266 Å². The Hall–Kier alpha value is -7.71. The largest absolute Gasteiger partial charge is 0.382 e. The lowest BCUT2D eigenvalue weighted by molar-refractivity contribution is -0.136. The van der Waals surface area contributed by atoms with Gasteiger partial charge >= 0.3 is 0 Å². The number of piperidine rings is 1. The van der Waals surface area contributed by atoms with Crippen LogP contribution in [0.5, 0.6) is 0 Å². The summed E-state index contributed by atoms with van der Waals surface area (Å²) in [6.07, 6.45) is 6.41. The summed E-state index contributed by atoms with van der Waals surface area (Å²) in [5.74, 6) is -2.01. The van der Waals surface area contributed by atoms with Gasteiger partial charge in [-0.15, -0.1) is 0 Å². The minimum Gasteiger partial charge on any atom is -0.382 e. The number of rotatable bonds is 32. The van der Waals surface area contributed by atoms with Gasteiger partial charge in [0.05, 0.1) is 95.0 Å². The minimum atomic E-state index is -1.03. The van der Waals surface area contributed by atoms with E-state index in [4.69, 9.17) is 28.9 Å². The predicted octanol–water partition coefficient (Wildman–Crippen LogP) is 4.38. The van der Waals surface area contributed by atoms with Gasteiger partial charge in [0.15, 0.2) is 0 Å². The molecule has 3 aromatic carbocycles. The molecule has 2 aliphatic heterocycles. The molecule has 21 nitrogen and oxygen atoms in total. The van der Waals surface area contributed by atoms with Crippen LogP contribution in [0.3, 0.4) is 0 Å². The number of fused-ring (bicyclic) bond motifs is 1. The van der Waals surface area contributed by atoms with E-state index in [1.54, 1.807) is 53.5 Å². The Morgan fingerprint density at radius 2 is 1.45 bits per heavy atom. The molecule has 1 unspecified atom stereocenters. The maximum atomic E-state index is 13.6. The first-order valence-electron chi connectivity index (χ1n) is 25.4. The molecule has 21 heteroatoms. The summed E-state index contributed by atoms with van der Waals surface area (Å²) in [6.45, 7) is 7.64. The Balaban J connectivity index is 0.659. The number of hydrogen-bond acceptors (Lipinski definition) is 16. The van der Waals surface area contributed by atoms with Gasteiger partial charge in [0, 0.05) is 68.2 Å². The second kappa shape index (κ2) is 29.4. The van der Waals surface area contributed by atoms with E-state index in [1.165, 1.54) is 0 Å². The number of nitriles is 1. The molecule has 5 N–H and O–H groups in total. The summed E-state index contributed by atoms with van der Waals surface area (Å²) >= 11 is 0. The molecular weight excluding hydrogens is 977 g/mol. The average Bonchev–Trinajstić information content (AvgIpc) is 4.03. The number of aryl methyl sites for hydroxylation is 1. The van der Waals surface area contributed by atoms with Crippen molar-refractivity contribution in [3.05, 3.63) is 131 Å². The van der Waals surface area contributed by atoms with E-state index in [0.717, 1.165) is 27.2 Å². The summed E-state index contributed by atoms with van der Waals surface area (Å²) in [5.41, 5.74) is 5.06. The van der Waals surface area contributed by atoms with Gasteiger partial charge in [0.25, 0.3) is 11.8 Å². The number of anilines is 2. The van der Waals surface area contributed by atoms with Crippen LogP contribution in [0, 0.1) is 11.3 Å². The van der Waals surface area contributed by atoms with Gasteiger partial charge in [-0.1, -0.05) is 55.5 Å². The van der Waals surface area contributed by atoms with E-state index in [-0.39, 0.29) is 41.7 Å². The number of benzene rings is 3. The highest BCUT2D eigenvalue weighted by atomic mass is 16.6. The Kier molecular flexibility index (Phi) is 21.7. The van der Waals surface area contributed by atoms with Crippen molar-refractivity contribution in [2.75, 3.05) is 96.3 Å². The normalized spacial score (nSPS) is 14.9. The summed E-state index contributed by atoms with van der Waals surface area (Å²) < 4.78 is 29.6. The summed E-state index contributed by atoms with van der Waals surface area (Å²) in [6, 6.07) is 26.0. The molecule has 2 aromatic heterocycles. The van der Waals surface area contributed by atoms with Gasteiger partial charge in [-0.2, -0.15) is 10.4 Å². The van der Waals surface area contributed by atoms with E-state index in [2.05, 4.69) is 49.7 Å². The number of nitrogens with one attached hydrogen (secondary N) is 5. The third-order valence-electron chi connectivity index (χ3n) is 12.5. The molecule has 7 rings (SSSR count). The van der Waals surface area contributed by atoms with Crippen molar-refractivity contribution in [2.24, 2.45) is 0 Å². The van der Waals surface area contributed by atoms with Crippen LogP contribution in [-0.4, -0.2) is 147 Å². The summed E-state index contributed by atoms with van der Waals surface area (Å²) in [4.78, 5) is 81.6. The molecule has 1 saturated heterocycles. The quantitative estimate of drug-likeness (QED) is 0.0296. The van der Waals surface area contributed by atoms with Gasteiger partial charge in [0.2, 0.25) is 23.6 Å². The van der Waals surface area contributed by atoms with Crippen LogP contribution in [0.4, 0.5) is 11.5 Å². The molecule has 6 amide bonds. The number of amides is 6. The molecule has 4 heterocycles. The molecule has 76 heavy (non-hydrogen) atoms. The number of hydrogen-bond donors (Lipinski definition) is 5. The highest BCUT2D eigenvalue weighted by Gasteiger charge is 2.45. The van der Waals surface area contributed by atoms with Crippen molar-refractivity contribution >= 4 is 46.9 Å². The van der Waals surface area contributed by atoms with Crippen LogP contribution in [0.25, 0.3) is 11.1 Å². The summed E-state index contributed by atoms with van der Waals surface area (Å²) in [7, 11) is 0. The highest BCUT2D eigenvalue weighted by Crippen LogP contribution is 2.32. The molecular formula is C55H64N10O11. The molecule has 0 aliphatic carbocycles. The van der Waals surface area contributed by atoms with Crippen LogP contribution in [0.1, 0.15) is 82.0 Å². The molecule has 3 atom stereocenters. The fraction of sp³-hybridized carbons (Fsp3) is 0.400. The van der Waals surface area contributed by atoms with Gasteiger partial charge in [-0.25, -0.2) is 4.98 Å². The standard InChI is InChI=1S/C55H64N10O11/c1-38(40-14-12-39(33-56)13-15-40)34-60-51(41-7-3-2-4-8-41)53(69)62-47-18-16-42(35-59-47)43-36-61-64(37-43)22-6-11-48(66)58-21-24-73-26-28-75-30-32-76-31-29-74-27-25-72-23-20-57-45-10-5-9-44-50(45)55(71)65(54(44)70)46-17-19-49(67)63-52(46)68/h2-5,7-10,12-16,18,35-38,46,51,57,60H,6,11,17,19-32,34H2,1H3,(H,58,66)(H,59,62,69)(H,63,67,68)/t38-,46?,51-/m1/s1. The number of nitrogens with zero attached hydrogens (tertiary/aromatic N) is 5. The fourth-order valence-electron chi connectivity index (χ4n) is 8.43. The van der Waals surface area contributed by atoms with Crippen molar-refractivity contribution in [1.29, 1.82) is 5.26 Å². The number of imide groups is 2. The zero-order valence-electron chi connectivity index (χ0n) is 42.5. The van der Waals surface area contributed by atoms with E-state index < -0.39 is 35.7 Å². The molecule has 5 aromatic rings. The van der Waals surface area contributed by atoms with Crippen LogP contribution >= 0.6 is 0 Å². The molecule has 0 saturated carbocycles.